The molecule has 0 spiro atoms. The Morgan fingerprint density at radius 1 is 0.793 bits per heavy atom. The zero-order chi connectivity index (χ0) is 21.0. The standard InChI is InChI=1S/C24H23F5/c1-16-2-8-19(9-3-16)20-10-6-17(7-11-20)4-5-18-14-22(25)21(23(26)15-18)12-13-24(27,28)29/h4-7,10-16,19H,2-3,8-9H2,1H3/b5-4+,13-12+. The molecule has 0 atom stereocenters. The van der Waals surface area contributed by atoms with Crippen LogP contribution in [-0.4, -0.2) is 6.18 Å². The number of hydrogen-bond donors (Lipinski definition) is 0. The second kappa shape index (κ2) is 8.93. The van der Waals surface area contributed by atoms with Crippen LogP contribution in [0.25, 0.3) is 18.2 Å². The number of hydrogen-bond acceptors (Lipinski definition) is 0. The van der Waals surface area contributed by atoms with Crippen LogP contribution in [0.1, 0.15) is 60.8 Å². The van der Waals surface area contributed by atoms with Crippen LogP contribution in [0.4, 0.5) is 22.0 Å². The molecule has 0 aliphatic heterocycles. The van der Waals surface area contributed by atoms with Gasteiger partial charge in [0.2, 0.25) is 0 Å². The smallest absolute Gasteiger partial charge is 0.206 e. The van der Waals surface area contributed by atoms with Gasteiger partial charge in [-0.15, -0.1) is 0 Å². The van der Waals surface area contributed by atoms with Gasteiger partial charge in [-0.2, -0.15) is 13.2 Å². The maximum absolute atomic E-state index is 14.0. The summed E-state index contributed by atoms with van der Waals surface area (Å²) in [6.45, 7) is 2.29. The summed E-state index contributed by atoms with van der Waals surface area (Å²) in [6, 6.07) is 10.2. The molecule has 1 saturated carbocycles. The van der Waals surface area contributed by atoms with E-state index in [2.05, 4.69) is 19.1 Å². The topological polar surface area (TPSA) is 0 Å². The minimum Gasteiger partial charge on any atom is -0.206 e. The number of benzene rings is 2. The van der Waals surface area contributed by atoms with E-state index in [1.807, 2.05) is 12.1 Å². The summed E-state index contributed by atoms with van der Waals surface area (Å²) in [5, 5.41) is 0. The third-order valence-corrected chi connectivity index (χ3v) is 5.43. The van der Waals surface area contributed by atoms with Gasteiger partial charge in [-0.3, -0.25) is 0 Å². The highest BCUT2D eigenvalue weighted by Gasteiger charge is 2.23. The van der Waals surface area contributed by atoms with Gasteiger partial charge in [-0.25, -0.2) is 8.78 Å². The van der Waals surface area contributed by atoms with Crippen LogP contribution < -0.4 is 0 Å². The molecule has 0 N–H and O–H groups in total. The summed E-state index contributed by atoms with van der Waals surface area (Å²) in [4.78, 5) is 0. The van der Waals surface area contributed by atoms with Crippen molar-refractivity contribution in [2.45, 2.75) is 44.7 Å². The minimum atomic E-state index is -4.63. The Balaban J connectivity index is 1.70. The fraction of sp³-hybridized carbons (Fsp3) is 0.333. The molecule has 0 amide bonds. The van der Waals surface area contributed by atoms with E-state index >= 15 is 0 Å². The van der Waals surface area contributed by atoms with Crippen molar-refractivity contribution in [3.63, 3.8) is 0 Å². The minimum absolute atomic E-state index is 0.182. The first-order valence-electron chi connectivity index (χ1n) is 9.74. The molecule has 29 heavy (non-hydrogen) atoms. The second-order valence-corrected chi connectivity index (χ2v) is 7.73. The number of allylic oxidation sites excluding steroid dienone is 1. The van der Waals surface area contributed by atoms with Gasteiger partial charge in [0.1, 0.15) is 11.6 Å². The van der Waals surface area contributed by atoms with E-state index in [9.17, 15) is 22.0 Å². The predicted octanol–water partition coefficient (Wildman–Crippen LogP) is 8.00. The molecule has 0 heterocycles. The summed E-state index contributed by atoms with van der Waals surface area (Å²) < 4.78 is 64.7. The van der Waals surface area contributed by atoms with Gasteiger partial charge < -0.3 is 0 Å². The molecule has 154 valence electrons. The summed E-state index contributed by atoms with van der Waals surface area (Å²) in [5.74, 6) is -0.687. The fourth-order valence-electron chi connectivity index (χ4n) is 3.70. The molecule has 5 heteroatoms. The van der Waals surface area contributed by atoms with Crippen molar-refractivity contribution in [1.82, 2.24) is 0 Å². The third kappa shape index (κ3) is 6.02. The van der Waals surface area contributed by atoms with Crippen molar-refractivity contribution in [3.8, 4) is 0 Å². The molecule has 0 nitrogen and oxygen atoms in total. The average Bonchev–Trinajstić information content (AvgIpc) is 2.66. The lowest BCUT2D eigenvalue weighted by Crippen LogP contribution is -2.10. The normalized spacial score (nSPS) is 20.6. The monoisotopic (exact) mass is 406 g/mol. The molecule has 2 aromatic rings. The summed E-state index contributed by atoms with van der Waals surface area (Å²) >= 11 is 0. The van der Waals surface area contributed by atoms with E-state index in [1.54, 1.807) is 12.2 Å². The number of halogens is 5. The van der Waals surface area contributed by atoms with E-state index in [4.69, 9.17) is 0 Å². The van der Waals surface area contributed by atoms with Gasteiger partial charge >= 0.3 is 6.18 Å². The van der Waals surface area contributed by atoms with Gasteiger partial charge in [0.25, 0.3) is 0 Å². The maximum atomic E-state index is 14.0. The lowest BCUT2D eigenvalue weighted by molar-refractivity contribution is -0.0790. The van der Waals surface area contributed by atoms with Crippen molar-refractivity contribution in [2.75, 3.05) is 0 Å². The molecule has 1 aliphatic rings. The molecule has 0 radical (unpaired) electrons. The van der Waals surface area contributed by atoms with Crippen LogP contribution in [0.5, 0.6) is 0 Å². The van der Waals surface area contributed by atoms with E-state index in [1.165, 1.54) is 31.2 Å². The van der Waals surface area contributed by atoms with Crippen LogP contribution in [0.3, 0.4) is 0 Å². The van der Waals surface area contributed by atoms with Crippen molar-refractivity contribution < 1.29 is 22.0 Å². The quantitative estimate of drug-likeness (QED) is 0.356. The van der Waals surface area contributed by atoms with Crippen molar-refractivity contribution >= 4 is 18.2 Å². The largest absolute Gasteiger partial charge is 0.409 e. The van der Waals surface area contributed by atoms with Crippen LogP contribution in [0.15, 0.2) is 42.5 Å². The highest BCUT2D eigenvalue weighted by molar-refractivity contribution is 5.70. The molecular weight excluding hydrogens is 383 g/mol. The molecule has 0 bridgehead atoms. The molecular formula is C24H23F5. The molecule has 3 rings (SSSR count). The molecule has 0 saturated heterocycles. The Bertz CT molecular complexity index is 859. The van der Waals surface area contributed by atoms with E-state index < -0.39 is 23.4 Å². The van der Waals surface area contributed by atoms with Gasteiger partial charge in [0, 0.05) is 11.6 Å². The van der Waals surface area contributed by atoms with Gasteiger partial charge in [0.15, 0.2) is 0 Å². The number of rotatable bonds is 4. The molecule has 0 aromatic heterocycles. The third-order valence-electron chi connectivity index (χ3n) is 5.43. The second-order valence-electron chi connectivity index (χ2n) is 7.73. The SMILES string of the molecule is CC1CCC(c2ccc(/C=C/c3cc(F)c(/C=C/C(F)(F)F)c(F)c3)cc2)CC1. The zero-order valence-corrected chi connectivity index (χ0v) is 16.1. The molecule has 1 fully saturated rings. The van der Waals surface area contributed by atoms with Crippen LogP contribution in [0, 0.1) is 17.6 Å². The maximum Gasteiger partial charge on any atom is 0.409 e. The number of alkyl halides is 3. The Morgan fingerprint density at radius 3 is 1.90 bits per heavy atom. The zero-order valence-electron chi connectivity index (χ0n) is 16.1. The first-order chi connectivity index (χ1) is 13.7. The average molecular weight is 406 g/mol. The molecule has 2 aromatic carbocycles. The van der Waals surface area contributed by atoms with Gasteiger partial charge in [-0.1, -0.05) is 56.2 Å². The Hall–Kier alpha value is -2.43. The Kier molecular flexibility index (Phi) is 6.56. The van der Waals surface area contributed by atoms with Crippen molar-refractivity contribution in [3.05, 3.63) is 76.4 Å². The fourth-order valence-corrected chi connectivity index (χ4v) is 3.70. The summed E-state index contributed by atoms with van der Waals surface area (Å²) in [7, 11) is 0. The van der Waals surface area contributed by atoms with Crippen LogP contribution >= 0.6 is 0 Å². The first-order valence-corrected chi connectivity index (χ1v) is 9.74. The predicted molar refractivity (Wildman–Crippen MR) is 107 cm³/mol. The van der Waals surface area contributed by atoms with Gasteiger partial charge in [-0.05, 0) is 59.6 Å². The Labute approximate surface area is 167 Å². The summed E-state index contributed by atoms with van der Waals surface area (Å²) in [6.07, 6.45) is 3.76. The first kappa shape index (κ1) is 21.3. The summed E-state index contributed by atoms with van der Waals surface area (Å²) in [5.41, 5.74) is 1.74. The van der Waals surface area contributed by atoms with Crippen molar-refractivity contribution in [1.29, 1.82) is 0 Å². The Morgan fingerprint density at radius 2 is 1.34 bits per heavy atom. The molecule has 0 unspecified atom stereocenters. The van der Waals surface area contributed by atoms with E-state index in [0.29, 0.717) is 12.0 Å². The van der Waals surface area contributed by atoms with Crippen molar-refractivity contribution in [2.24, 2.45) is 5.92 Å². The van der Waals surface area contributed by atoms with Crippen LogP contribution in [0.2, 0.25) is 0 Å². The van der Waals surface area contributed by atoms with Gasteiger partial charge in [0.05, 0.1) is 0 Å². The van der Waals surface area contributed by atoms with E-state index in [0.717, 1.165) is 23.6 Å². The highest BCUT2D eigenvalue weighted by Crippen LogP contribution is 2.35. The molecule has 1 aliphatic carbocycles. The lowest BCUT2D eigenvalue weighted by Gasteiger charge is -2.26. The highest BCUT2D eigenvalue weighted by atomic mass is 19.4. The van der Waals surface area contributed by atoms with Crippen LogP contribution in [-0.2, 0) is 0 Å². The van der Waals surface area contributed by atoms with E-state index in [-0.39, 0.29) is 11.6 Å². The lowest BCUT2D eigenvalue weighted by atomic mass is 9.79.